The minimum Gasteiger partial charge on any atom is -0.200 e. The van der Waals surface area contributed by atoms with Crippen molar-refractivity contribution in [1.82, 2.24) is 0 Å². The minimum absolute atomic E-state index is 0.00407. The van der Waals surface area contributed by atoms with E-state index in [-0.39, 0.29) is 5.57 Å². The lowest BCUT2D eigenvalue weighted by Gasteiger charge is -2.17. The molecular formula is C10H5F3. The number of hydrogen-bond acceptors (Lipinski definition) is 0. The van der Waals surface area contributed by atoms with Gasteiger partial charge in [-0.15, -0.1) is 0 Å². The van der Waals surface area contributed by atoms with Crippen molar-refractivity contribution >= 4 is 11.6 Å². The average Bonchev–Trinajstić information content (AvgIpc) is 2.06. The molecule has 1 aliphatic carbocycles. The molecule has 0 N–H and O–H groups in total. The Morgan fingerprint density at radius 3 is 2.31 bits per heavy atom. The van der Waals surface area contributed by atoms with Crippen LogP contribution in [-0.2, 0) is 0 Å². The van der Waals surface area contributed by atoms with Gasteiger partial charge in [-0.25, -0.2) is 4.39 Å². The molecule has 1 aliphatic rings. The van der Waals surface area contributed by atoms with Crippen molar-refractivity contribution < 1.29 is 13.2 Å². The zero-order valence-corrected chi connectivity index (χ0v) is 6.52. The molecule has 0 bridgehead atoms. The molecule has 0 unspecified atom stereocenters. The first-order chi connectivity index (χ1) is 6.20. The predicted molar refractivity (Wildman–Crippen MR) is 44.7 cm³/mol. The SMILES string of the molecule is FC(F)=C(F)C1=Cc2ccccc21. The van der Waals surface area contributed by atoms with Crippen molar-refractivity contribution in [3.8, 4) is 0 Å². The first-order valence-electron chi connectivity index (χ1n) is 3.72. The fourth-order valence-corrected chi connectivity index (χ4v) is 1.31. The molecule has 13 heavy (non-hydrogen) atoms. The summed E-state index contributed by atoms with van der Waals surface area (Å²) in [6.07, 6.45) is -0.857. The van der Waals surface area contributed by atoms with Gasteiger partial charge in [0.1, 0.15) is 0 Å². The quantitative estimate of drug-likeness (QED) is 0.622. The summed E-state index contributed by atoms with van der Waals surface area (Å²) in [6, 6.07) is 6.84. The summed E-state index contributed by atoms with van der Waals surface area (Å²) < 4.78 is 36.4. The summed E-state index contributed by atoms with van der Waals surface area (Å²) in [7, 11) is 0. The molecule has 1 aromatic carbocycles. The molecule has 0 saturated heterocycles. The van der Waals surface area contributed by atoms with Gasteiger partial charge in [0.25, 0.3) is 0 Å². The van der Waals surface area contributed by atoms with Gasteiger partial charge in [0.15, 0.2) is 5.83 Å². The molecule has 0 atom stereocenters. The van der Waals surface area contributed by atoms with Crippen molar-refractivity contribution in [3.63, 3.8) is 0 Å². The molecule has 0 heterocycles. The number of halogens is 3. The Labute approximate surface area is 73.0 Å². The largest absolute Gasteiger partial charge is 0.306 e. The fourth-order valence-electron chi connectivity index (χ4n) is 1.31. The zero-order chi connectivity index (χ0) is 9.42. The highest BCUT2D eigenvalue weighted by atomic mass is 19.3. The summed E-state index contributed by atoms with van der Waals surface area (Å²) in [4.78, 5) is 0. The standard InChI is InChI=1S/C10H5F3/c11-9(10(12)13)8-5-6-3-1-2-4-7(6)8/h1-5H. The maximum Gasteiger partial charge on any atom is 0.306 e. The van der Waals surface area contributed by atoms with Crippen LogP contribution in [0.5, 0.6) is 0 Å². The molecule has 1 aromatic rings. The Morgan fingerprint density at radius 1 is 1.00 bits per heavy atom. The highest BCUT2D eigenvalue weighted by Gasteiger charge is 2.22. The lowest BCUT2D eigenvalue weighted by atomic mass is 9.88. The van der Waals surface area contributed by atoms with E-state index in [1.807, 2.05) is 0 Å². The summed E-state index contributed by atoms with van der Waals surface area (Å²) >= 11 is 0. The molecular weight excluding hydrogens is 177 g/mol. The van der Waals surface area contributed by atoms with Gasteiger partial charge in [-0.2, -0.15) is 8.78 Å². The molecule has 66 valence electrons. The van der Waals surface area contributed by atoms with Gasteiger partial charge in [-0.3, -0.25) is 0 Å². The lowest BCUT2D eigenvalue weighted by Crippen LogP contribution is -1.99. The van der Waals surface area contributed by atoms with Crippen LogP contribution >= 0.6 is 0 Å². The maximum absolute atomic E-state index is 12.7. The zero-order valence-electron chi connectivity index (χ0n) is 6.52. The van der Waals surface area contributed by atoms with Gasteiger partial charge in [-0.1, -0.05) is 24.3 Å². The second-order valence-corrected chi connectivity index (χ2v) is 2.72. The van der Waals surface area contributed by atoms with Crippen LogP contribution in [0.15, 0.2) is 36.2 Å². The van der Waals surface area contributed by atoms with Crippen molar-refractivity contribution in [1.29, 1.82) is 0 Å². The molecule has 3 heteroatoms. The minimum atomic E-state index is -2.26. The number of fused-ring (bicyclic) bond motifs is 1. The molecule has 0 fully saturated rings. The van der Waals surface area contributed by atoms with Crippen molar-refractivity contribution in [2.24, 2.45) is 0 Å². The van der Waals surface area contributed by atoms with Crippen LogP contribution in [0.2, 0.25) is 0 Å². The summed E-state index contributed by atoms with van der Waals surface area (Å²) in [5.41, 5.74) is 1.34. The van der Waals surface area contributed by atoms with Crippen LogP contribution < -0.4 is 0 Å². The number of rotatable bonds is 1. The number of hydrogen-bond donors (Lipinski definition) is 0. The third-order valence-corrected chi connectivity index (χ3v) is 1.95. The van der Waals surface area contributed by atoms with Gasteiger partial charge in [0.05, 0.1) is 0 Å². The molecule has 2 rings (SSSR count). The summed E-state index contributed by atoms with van der Waals surface area (Å²) in [6.45, 7) is 0. The van der Waals surface area contributed by atoms with Crippen LogP contribution in [0.3, 0.4) is 0 Å². The van der Waals surface area contributed by atoms with Gasteiger partial charge in [-0.05, 0) is 17.2 Å². The van der Waals surface area contributed by atoms with Crippen molar-refractivity contribution in [3.05, 3.63) is 47.3 Å². The second-order valence-electron chi connectivity index (χ2n) is 2.72. The molecule has 0 spiro atoms. The summed E-state index contributed by atoms with van der Waals surface area (Å²) in [5.74, 6) is -1.42. The first kappa shape index (κ1) is 8.10. The Balaban J connectivity index is 2.41. The van der Waals surface area contributed by atoms with E-state index in [1.165, 1.54) is 6.08 Å². The van der Waals surface area contributed by atoms with Crippen LogP contribution in [0, 0.1) is 0 Å². The van der Waals surface area contributed by atoms with E-state index in [0.717, 1.165) is 5.56 Å². The Morgan fingerprint density at radius 2 is 1.69 bits per heavy atom. The molecule has 0 aliphatic heterocycles. The normalized spacial score (nSPS) is 12.7. The van der Waals surface area contributed by atoms with E-state index in [4.69, 9.17) is 0 Å². The van der Waals surface area contributed by atoms with Crippen molar-refractivity contribution in [2.75, 3.05) is 0 Å². The second kappa shape index (κ2) is 2.76. The van der Waals surface area contributed by atoms with Gasteiger partial charge in [0.2, 0.25) is 0 Å². The maximum atomic E-state index is 12.7. The highest BCUT2D eigenvalue weighted by molar-refractivity contribution is 6.01. The molecule has 0 radical (unpaired) electrons. The van der Waals surface area contributed by atoms with Gasteiger partial charge >= 0.3 is 6.08 Å². The van der Waals surface area contributed by atoms with E-state index in [2.05, 4.69) is 0 Å². The van der Waals surface area contributed by atoms with E-state index in [9.17, 15) is 13.2 Å². The van der Waals surface area contributed by atoms with E-state index in [1.54, 1.807) is 24.3 Å². The lowest BCUT2D eigenvalue weighted by molar-refractivity contribution is 0.389. The van der Waals surface area contributed by atoms with E-state index in [0.29, 0.717) is 5.56 Å². The summed E-state index contributed by atoms with van der Waals surface area (Å²) in [5, 5.41) is 0. The van der Waals surface area contributed by atoms with Crippen LogP contribution in [0.25, 0.3) is 11.6 Å². The Hall–Kier alpha value is -1.51. The average molecular weight is 182 g/mol. The Bertz CT molecular complexity index is 412. The first-order valence-corrected chi connectivity index (χ1v) is 3.72. The number of allylic oxidation sites excluding steroid dienone is 2. The number of benzene rings is 1. The van der Waals surface area contributed by atoms with Crippen LogP contribution in [0.4, 0.5) is 13.2 Å². The molecule has 0 aromatic heterocycles. The van der Waals surface area contributed by atoms with E-state index < -0.39 is 11.9 Å². The van der Waals surface area contributed by atoms with Crippen molar-refractivity contribution in [2.45, 2.75) is 0 Å². The molecule has 0 saturated carbocycles. The van der Waals surface area contributed by atoms with E-state index >= 15 is 0 Å². The monoisotopic (exact) mass is 182 g/mol. The van der Waals surface area contributed by atoms with Crippen LogP contribution in [0.1, 0.15) is 11.1 Å². The Kier molecular flexibility index (Phi) is 1.72. The third-order valence-electron chi connectivity index (χ3n) is 1.95. The smallest absolute Gasteiger partial charge is 0.200 e. The molecule has 0 amide bonds. The predicted octanol–water partition coefficient (Wildman–Crippen LogP) is 3.62. The van der Waals surface area contributed by atoms with Crippen LogP contribution in [-0.4, -0.2) is 0 Å². The molecule has 0 nitrogen and oxygen atoms in total. The highest BCUT2D eigenvalue weighted by Crippen LogP contribution is 2.39. The third kappa shape index (κ3) is 1.16. The van der Waals surface area contributed by atoms with Gasteiger partial charge in [0, 0.05) is 5.57 Å². The fraction of sp³-hybridized carbons (Fsp3) is 0. The van der Waals surface area contributed by atoms with Gasteiger partial charge < -0.3 is 0 Å². The topological polar surface area (TPSA) is 0 Å².